The van der Waals surface area contributed by atoms with Crippen molar-refractivity contribution in [2.45, 2.75) is 53.4 Å². The molecule has 184 valence electrons. The first-order valence-corrected chi connectivity index (χ1v) is 11.3. The molecule has 35 heavy (non-hydrogen) atoms. The standard InChI is InChI=1S/C28H30O7/c1-6-19-15(4)24(30)23(28(34)35-19)21(17-10-8-7-9-11-17)22-26(32)18(13-12-14(2)3)25(31)20(16(5)29)27(22)33/h7-12,21,30-33H,6,13H2,1-5H3. The first-order valence-electron chi connectivity index (χ1n) is 11.3. The molecule has 0 bridgehead atoms. The van der Waals surface area contributed by atoms with Gasteiger partial charge in [0.2, 0.25) is 0 Å². The van der Waals surface area contributed by atoms with E-state index in [1.165, 1.54) is 6.92 Å². The zero-order valence-electron chi connectivity index (χ0n) is 20.5. The summed E-state index contributed by atoms with van der Waals surface area (Å²) in [6.45, 7) is 8.26. The highest BCUT2D eigenvalue weighted by molar-refractivity contribution is 6.01. The summed E-state index contributed by atoms with van der Waals surface area (Å²) in [5.41, 5.74) is 0.174. The van der Waals surface area contributed by atoms with Crippen LogP contribution in [0.5, 0.6) is 23.0 Å². The van der Waals surface area contributed by atoms with E-state index in [-0.39, 0.29) is 34.4 Å². The van der Waals surface area contributed by atoms with Crippen molar-refractivity contribution in [1.29, 1.82) is 0 Å². The topological polar surface area (TPSA) is 128 Å². The summed E-state index contributed by atoms with van der Waals surface area (Å²) in [6.07, 6.45) is 2.20. The second kappa shape index (κ2) is 10.1. The highest BCUT2D eigenvalue weighted by atomic mass is 16.4. The molecule has 1 aromatic heterocycles. The monoisotopic (exact) mass is 478 g/mol. The van der Waals surface area contributed by atoms with E-state index >= 15 is 0 Å². The fourth-order valence-electron chi connectivity index (χ4n) is 4.28. The highest BCUT2D eigenvalue weighted by Crippen LogP contribution is 2.50. The van der Waals surface area contributed by atoms with E-state index in [1.807, 2.05) is 13.8 Å². The predicted octanol–water partition coefficient (Wildman–Crippen LogP) is 5.22. The van der Waals surface area contributed by atoms with Crippen molar-refractivity contribution in [2.75, 3.05) is 0 Å². The maximum atomic E-state index is 13.2. The van der Waals surface area contributed by atoms with Gasteiger partial charge in [-0.15, -0.1) is 0 Å². The fourth-order valence-corrected chi connectivity index (χ4v) is 4.28. The van der Waals surface area contributed by atoms with Gasteiger partial charge in [0.05, 0.1) is 11.5 Å². The molecular formula is C28H30O7. The Balaban J connectivity index is 2.52. The van der Waals surface area contributed by atoms with Crippen molar-refractivity contribution in [3.8, 4) is 23.0 Å². The van der Waals surface area contributed by atoms with Gasteiger partial charge < -0.3 is 24.8 Å². The summed E-state index contributed by atoms with van der Waals surface area (Å²) < 4.78 is 5.48. The summed E-state index contributed by atoms with van der Waals surface area (Å²) in [6, 6.07) is 8.51. The number of carbonyl (C=O) groups excluding carboxylic acids is 1. The van der Waals surface area contributed by atoms with Gasteiger partial charge >= 0.3 is 5.63 Å². The van der Waals surface area contributed by atoms with Crippen LogP contribution in [0.3, 0.4) is 0 Å². The molecule has 0 aliphatic heterocycles. The number of aromatic hydroxyl groups is 4. The first-order chi connectivity index (χ1) is 16.5. The van der Waals surface area contributed by atoms with E-state index in [2.05, 4.69) is 0 Å². The maximum Gasteiger partial charge on any atom is 0.343 e. The number of hydrogen-bond acceptors (Lipinski definition) is 7. The number of hydrogen-bond donors (Lipinski definition) is 4. The number of phenols is 3. The lowest BCUT2D eigenvalue weighted by atomic mass is 9.81. The molecule has 7 heteroatoms. The Morgan fingerprint density at radius 2 is 1.57 bits per heavy atom. The van der Waals surface area contributed by atoms with Crippen LogP contribution in [0, 0.1) is 6.92 Å². The smallest absolute Gasteiger partial charge is 0.343 e. The van der Waals surface area contributed by atoms with Gasteiger partial charge in [0.25, 0.3) is 0 Å². The number of ketones is 1. The van der Waals surface area contributed by atoms with Gasteiger partial charge in [-0.25, -0.2) is 4.79 Å². The molecule has 2 aromatic carbocycles. The van der Waals surface area contributed by atoms with Crippen LogP contribution in [0.15, 0.2) is 51.2 Å². The second-order valence-corrected chi connectivity index (χ2v) is 8.75. The minimum Gasteiger partial charge on any atom is -0.507 e. The molecule has 0 spiro atoms. The Morgan fingerprint density at radius 3 is 2.11 bits per heavy atom. The summed E-state index contributed by atoms with van der Waals surface area (Å²) >= 11 is 0. The molecule has 0 saturated carbocycles. The highest BCUT2D eigenvalue weighted by Gasteiger charge is 2.35. The van der Waals surface area contributed by atoms with Crippen LogP contribution in [0.25, 0.3) is 0 Å². The molecule has 7 nitrogen and oxygen atoms in total. The van der Waals surface area contributed by atoms with Crippen molar-refractivity contribution < 1.29 is 29.6 Å². The quantitative estimate of drug-likeness (QED) is 0.271. The van der Waals surface area contributed by atoms with Crippen LogP contribution in [0.4, 0.5) is 0 Å². The van der Waals surface area contributed by atoms with Gasteiger partial charge in [-0.05, 0) is 39.7 Å². The van der Waals surface area contributed by atoms with Crippen LogP contribution in [-0.4, -0.2) is 26.2 Å². The Morgan fingerprint density at radius 1 is 0.943 bits per heavy atom. The normalized spacial score (nSPS) is 11.8. The third kappa shape index (κ3) is 4.67. The largest absolute Gasteiger partial charge is 0.507 e. The van der Waals surface area contributed by atoms with Crippen LogP contribution in [0.2, 0.25) is 0 Å². The van der Waals surface area contributed by atoms with Gasteiger partial charge in [-0.2, -0.15) is 0 Å². The average molecular weight is 479 g/mol. The lowest BCUT2D eigenvalue weighted by Gasteiger charge is -2.24. The molecular weight excluding hydrogens is 448 g/mol. The third-order valence-corrected chi connectivity index (χ3v) is 6.12. The van der Waals surface area contributed by atoms with Crippen molar-refractivity contribution in [3.05, 3.63) is 91.5 Å². The van der Waals surface area contributed by atoms with Gasteiger partial charge in [-0.3, -0.25) is 4.79 Å². The van der Waals surface area contributed by atoms with Crippen molar-refractivity contribution in [3.63, 3.8) is 0 Å². The van der Waals surface area contributed by atoms with E-state index in [1.54, 1.807) is 50.3 Å². The molecule has 0 fully saturated rings. The Kier molecular flexibility index (Phi) is 7.39. The fraction of sp³-hybridized carbons (Fsp3) is 0.286. The zero-order chi connectivity index (χ0) is 26.0. The molecule has 0 radical (unpaired) electrons. The van der Waals surface area contributed by atoms with E-state index in [0.29, 0.717) is 23.3 Å². The van der Waals surface area contributed by atoms with Crippen LogP contribution in [0.1, 0.15) is 77.5 Å². The van der Waals surface area contributed by atoms with Gasteiger partial charge in [0.1, 0.15) is 34.3 Å². The number of rotatable bonds is 7. The second-order valence-electron chi connectivity index (χ2n) is 8.75. The van der Waals surface area contributed by atoms with Crippen molar-refractivity contribution in [1.82, 2.24) is 0 Å². The number of aryl methyl sites for hydroxylation is 1. The summed E-state index contributed by atoms with van der Waals surface area (Å²) in [5.74, 6) is -3.51. The Bertz CT molecular complexity index is 1360. The molecule has 0 saturated heterocycles. The van der Waals surface area contributed by atoms with Crippen LogP contribution in [-0.2, 0) is 12.8 Å². The molecule has 0 aliphatic carbocycles. The Hall–Kier alpha value is -4.00. The number of Topliss-reactive ketones (excluding diaryl/α,β-unsaturated/α-hetero) is 1. The van der Waals surface area contributed by atoms with Gasteiger partial charge in [0.15, 0.2) is 5.78 Å². The van der Waals surface area contributed by atoms with E-state index in [0.717, 1.165) is 5.57 Å². The van der Waals surface area contributed by atoms with E-state index in [9.17, 15) is 30.0 Å². The van der Waals surface area contributed by atoms with Gasteiger partial charge in [-0.1, -0.05) is 48.9 Å². The molecule has 1 atom stereocenters. The summed E-state index contributed by atoms with van der Waals surface area (Å²) in [5, 5.41) is 44.4. The number of benzene rings is 2. The molecule has 3 aromatic rings. The maximum absolute atomic E-state index is 13.2. The zero-order valence-corrected chi connectivity index (χ0v) is 20.5. The molecule has 1 unspecified atom stereocenters. The van der Waals surface area contributed by atoms with E-state index < -0.39 is 34.6 Å². The SMILES string of the molecule is CCc1oc(=O)c(C(c2ccccc2)c2c(O)c(CC=C(C)C)c(O)c(C(C)=O)c2O)c(O)c1C. The number of phenolic OH excluding ortho intramolecular Hbond substituents is 3. The molecule has 3 rings (SSSR count). The molecule has 1 heterocycles. The number of allylic oxidation sites excluding steroid dienone is 2. The molecule has 0 aliphatic rings. The van der Waals surface area contributed by atoms with Crippen LogP contribution < -0.4 is 5.63 Å². The Labute approximate surface area is 203 Å². The summed E-state index contributed by atoms with van der Waals surface area (Å²) in [4.78, 5) is 25.6. The first kappa shape index (κ1) is 25.6. The average Bonchev–Trinajstić information content (AvgIpc) is 2.80. The lowest BCUT2D eigenvalue weighted by molar-refractivity contribution is 0.101. The van der Waals surface area contributed by atoms with Crippen LogP contribution >= 0.6 is 0 Å². The summed E-state index contributed by atoms with van der Waals surface area (Å²) in [7, 11) is 0. The third-order valence-electron chi connectivity index (χ3n) is 6.12. The van der Waals surface area contributed by atoms with Crippen molar-refractivity contribution in [2.24, 2.45) is 0 Å². The van der Waals surface area contributed by atoms with Gasteiger partial charge in [0, 0.05) is 23.1 Å². The minimum absolute atomic E-state index is 0.0240. The minimum atomic E-state index is -1.19. The predicted molar refractivity (Wildman–Crippen MR) is 133 cm³/mol. The number of carbonyl (C=O) groups is 1. The lowest BCUT2D eigenvalue weighted by Crippen LogP contribution is -2.18. The van der Waals surface area contributed by atoms with Crippen molar-refractivity contribution >= 4 is 5.78 Å². The van der Waals surface area contributed by atoms with E-state index in [4.69, 9.17) is 4.42 Å². The molecule has 4 N–H and O–H groups in total. The molecule has 0 amide bonds.